The first-order valence-electron chi connectivity index (χ1n) is 6.81. The second-order valence-corrected chi connectivity index (χ2v) is 5.62. The summed E-state index contributed by atoms with van der Waals surface area (Å²) in [7, 11) is 3.28. The first-order valence-corrected chi connectivity index (χ1v) is 7.60. The zero-order chi connectivity index (χ0) is 15.0. The van der Waals surface area contributed by atoms with E-state index in [2.05, 4.69) is 35.1 Å². The Labute approximate surface area is 142 Å². The van der Waals surface area contributed by atoms with Gasteiger partial charge in [0.1, 0.15) is 0 Å². The Balaban J connectivity index is 0.00000400. The molecule has 1 N–H and O–H groups in total. The summed E-state index contributed by atoms with van der Waals surface area (Å²) in [6, 6.07) is 4.03. The molecular weight excluding hydrogens is 358 g/mol. The maximum Gasteiger partial charge on any atom is 0.174 e. The van der Waals surface area contributed by atoms with Crippen molar-refractivity contribution in [2.75, 3.05) is 27.4 Å². The second kappa shape index (κ2) is 11.1. The van der Waals surface area contributed by atoms with Gasteiger partial charge in [-0.05, 0) is 60.4 Å². The largest absolute Gasteiger partial charge is 0.493 e. The zero-order valence-corrected chi connectivity index (χ0v) is 15.5. The number of benzene rings is 1. The summed E-state index contributed by atoms with van der Waals surface area (Å²) in [5.74, 6) is 1.46. The highest BCUT2D eigenvalue weighted by Gasteiger charge is 2.10. The van der Waals surface area contributed by atoms with Crippen LogP contribution in [0.4, 0.5) is 0 Å². The molecule has 0 spiro atoms. The van der Waals surface area contributed by atoms with Crippen molar-refractivity contribution in [2.45, 2.75) is 32.9 Å². The van der Waals surface area contributed by atoms with E-state index >= 15 is 0 Å². The van der Waals surface area contributed by atoms with Gasteiger partial charge in [-0.25, -0.2) is 0 Å². The molecule has 0 saturated carbocycles. The van der Waals surface area contributed by atoms with Crippen LogP contribution in [0.3, 0.4) is 0 Å². The Morgan fingerprint density at radius 2 is 1.90 bits per heavy atom. The van der Waals surface area contributed by atoms with E-state index in [1.165, 1.54) is 0 Å². The third-order valence-corrected chi connectivity index (χ3v) is 3.36. The van der Waals surface area contributed by atoms with E-state index < -0.39 is 0 Å². The van der Waals surface area contributed by atoms with Crippen molar-refractivity contribution >= 4 is 28.3 Å². The van der Waals surface area contributed by atoms with Crippen molar-refractivity contribution < 1.29 is 14.2 Å². The van der Waals surface area contributed by atoms with Gasteiger partial charge in [-0.2, -0.15) is 0 Å². The lowest BCUT2D eigenvalue weighted by atomic mass is 10.2. The molecule has 1 rings (SSSR count). The molecule has 1 aromatic carbocycles. The molecule has 0 aliphatic carbocycles. The SMILES string of the molecule is COc1cc(CNCCCOC(C)C)cc(Br)c1OC.Cl. The Morgan fingerprint density at radius 3 is 2.48 bits per heavy atom. The molecule has 0 aliphatic heterocycles. The van der Waals surface area contributed by atoms with Gasteiger partial charge in [-0.1, -0.05) is 0 Å². The molecule has 0 bridgehead atoms. The summed E-state index contributed by atoms with van der Waals surface area (Å²) in [5, 5.41) is 3.39. The second-order valence-electron chi connectivity index (χ2n) is 4.76. The summed E-state index contributed by atoms with van der Waals surface area (Å²) >= 11 is 3.50. The Hall–Kier alpha value is -0.490. The molecule has 0 radical (unpaired) electrons. The van der Waals surface area contributed by atoms with Gasteiger partial charge in [0.05, 0.1) is 24.8 Å². The molecule has 0 unspecified atom stereocenters. The topological polar surface area (TPSA) is 39.7 Å². The van der Waals surface area contributed by atoms with E-state index in [0.29, 0.717) is 6.10 Å². The summed E-state index contributed by atoms with van der Waals surface area (Å²) in [6.45, 7) is 6.61. The minimum Gasteiger partial charge on any atom is -0.493 e. The van der Waals surface area contributed by atoms with E-state index in [0.717, 1.165) is 47.7 Å². The van der Waals surface area contributed by atoms with Gasteiger partial charge >= 0.3 is 0 Å². The molecule has 0 amide bonds. The van der Waals surface area contributed by atoms with Gasteiger partial charge in [0.2, 0.25) is 0 Å². The fraction of sp³-hybridized carbons (Fsp3) is 0.600. The van der Waals surface area contributed by atoms with Crippen molar-refractivity contribution in [1.82, 2.24) is 5.32 Å². The predicted octanol–water partition coefficient (Wildman–Crippen LogP) is 3.79. The molecule has 0 aliphatic rings. The van der Waals surface area contributed by atoms with Crippen LogP contribution in [0.15, 0.2) is 16.6 Å². The highest BCUT2D eigenvalue weighted by molar-refractivity contribution is 9.10. The van der Waals surface area contributed by atoms with E-state index in [1.807, 2.05) is 12.1 Å². The first-order chi connectivity index (χ1) is 9.58. The van der Waals surface area contributed by atoms with Crippen LogP contribution >= 0.6 is 28.3 Å². The fourth-order valence-electron chi connectivity index (χ4n) is 1.82. The van der Waals surface area contributed by atoms with Crippen molar-refractivity contribution in [3.05, 3.63) is 22.2 Å². The maximum absolute atomic E-state index is 5.50. The molecule has 0 heterocycles. The Kier molecular flexibility index (Phi) is 10.9. The number of rotatable bonds is 9. The molecule has 0 aromatic heterocycles. The summed E-state index contributed by atoms with van der Waals surface area (Å²) in [5.41, 5.74) is 1.15. The van der Waals surface area contributed by atoms with Gasteiger partial charge in [0.15, 0.2) is 11.5 Å². The lowest BCUT2D eigenvalue weighted by molar-refractivity contribution is 0.0770. The van der Waals surface area contributed by atoms with Gasteiger partial charge in [-0.15, -0.1) is 12.4 Å². The molecule has 6 heteroatoms. The van der Waals surface area contributed by atoms with Crippen LogP contribution in [-0.4, -0.2) is 33.5 Å². The quantitative estimate of drug-likeness (QED) is 0.660. The number of ether oxygens (including phenoxy) is 3. The standard InChI is InChI=1S/C15H24BrNO3.ClH/c1-11(2)20-7-5-6-17-10-12-8-13(16)15(19-4)14(9-12)18-3;/h8-9,11,17H,5-7,10H2,1-4H3;1H. The molecule has 122 valence electrons. The molecular formula is C15H25BrClNO3. The molecule has 1 aromatic rings. The number of halogens is 2. The molecule has 0 fully saturated rings. The first kappa shape index (κ1) is 20.5. The maximum atomic E-state index is 5.50. The summed E-state index contributed by atoms with van der Waals surface area (Å²) in [6.07, 6.45) is 1.31. The summed E-state index contributed by atoms with van der Waals surface area (Å²) in [4.78, 5) is 0. The van der Waals surface area contributed by atoms with Crippen molar-refractivity contribution in [2.24, 2.45) is 0 Å². The van der Waals surface area contributed by atoms with Crippen LogP contribution < -0.4 is 14.8 Å². The minimum atomic E-state index is 0. The highest BCUT2D eigenvalue weighted by Crippen LogP contribution is 2.36. The number of methoxy groups -OCH3 is 2. The molecule has 21 heavy (non-hydrogen) atoms. The molecule has 0 saturated heterocycles. The van der Waals surface area contributed by atoms with Crippen LogP contribution in [0.1, 0.15) is 25.8 Å². The van der Waals surface area contributed by atoms with Gasteiger partial charge in [-0.3, -0.25) is 0 Å². The highest BCUT2D eigenvalue weighted by atomic mass is 79.9. The van der Waals surface area contributed by atoms with Crippen LogP contribution in [0.5, 0.6) is 11.5 Å². The molecule has 4 nitrogen and oxygen atoms in total. The third-order valence-electron chi connectivity index (χ3n) is 2.77. The van der Waals surface area contributed by atoms with Crippen LogP contribution in [0, 0.1) is 0 Å². The van der Waals surface area contributed by atoms with E-state index in [9.17, 15) is 0 Å². The number of hydrogen-bond acceptors (Lipinski definition) is 4. The van der Waals surface area contributed by atoms with Crippen molar-refractivity contribution in [1.29, 1.82) is 0 Å². The van der Waals surface area contributed by atoms with Crippen molar-refractivity contribution in [3.8, 4) is 11.5 Å². The summed E-state index contributed by atoms with van der Waals surface area (Å²) < 4.78 is 17.0. The fourth-order valence-corrected chi connectivity index (χ4v) is 2.47. The van der Waals surface area contributed by atoms with Gasteiger partial charge in [0, 0.05) is 13.2 Å². The van der Waals surface area contributed by atoms with E-state index in [4.69, 9.17) is 14.2 Å². The number of nitrogens with one attached hydrogen (secondary N) is 1. The molecule has 0 atom stereocenters. The minimum absolute atomic E-state index is 0. The van der Waals surface area contributed by atoms with E-state index in [-0.39, 0.29) is 12.4 Å². The monoisotopic (exact) mass is 381 g/mol. The third kappa shape index (κ3) is 7.36. The average Bonchev–Trinajstić information content (AvgIpc) is 2.41. The zero-order valence-electron chi connectivity index (χ0n) is 13.1. The van der Waals surface area contributed by atoms with E-state index in [1.54, 1.807) is 14.2 Å². The van der Waals surface area contributed by atoms with Crippen LogP contribution in [-0.2, 0) is 11.3 Å². The number of hydrogen-bond donors (Lipinski definition) is 1. The van der Waals surface area contributed by atoms with Crippen LogP contribution in [0.2, 0.25) is 0 Å². The normalized spacial score (nSPS) is 10.4. The van der Waals surface area contributed by atoms with Crippen molar-refractivity contribution in [3.63, 3.8) is 0 Å². The van der Waals surface area contributed by atoms with Crippen LogP contribution in [0.25, 0.3) is 0 Å². The average molecular weight is 383 g/mol. The Bertz CT molecular complexity index is 416. The van der Waals surface area contributed by atoms with Gasteiger partial charge in [0.25, 0.3) is 0 Å². The lowest BCUT2D eigenvalue weighted by Gasteiger charge is -2.12. The van der Waals surface area contributed by atoms with Gasteiger partial charge < -0.3 is 19.5 Å². The predicted molar refractivity (Wildman–Crippen MR) is 91.9 cm³/mol. The Morgan fingerprint density at radius 1 is 1.19 bits per heavy atom. The smallest absolute Gasteiger partial charge is 0.174 e. The lowest BCUT2D eigenvalue weighted by Crippen LogP contribution is -2.17.